The molecular weight excluding hydrogens is 376 g/mol. The van der Waals surface area contributed by atoms with Gasteiger partial charge in [0.1, 0.15) is 30.7 Å². The van der Waals surface area contributed by atoms with Crippen LogP contribution in [0.25, 0.3) is 0 Å². The fourth-order valence-corrected chi connectivity index (χ4v) is 2.67. The lowest BCUT2D eigenvalue weighted by Gasteiger charge is -2.41. The van der Waals surface area contributed by atoms with Gasteiger partial charge in [0.25, 0.3) is 5.69 Å². The van der Waals surface area contributed by atoms with Gasteiger partial charge in [-0.3, -0.25) is 14.9 Å². The van der Waals surface area contributed by atoms with Crippen LogP contribution in [0.4, 0.5) is 5.69 Å². The first-order valence-electron chi connectivity index (χ1n) is 8.79. The Hall–Kier alpha value is -2.31. The molecule has 1 amide bonds. The number of carbonyl (C=O) groups excluding carboxylic acids is 1. The number of rotatable bonds is 9. The summed E-state index contributed by atoms with van der Waals surface area (Å²) in [4.78, 5) is 21.9. The molecule has 1 aromatic rings. The van der Waals surface area contributed by atoms with Gasteiger partial charge < -0.3 is 34.8 Å². The molecule has 11 nitrogen and oxygen atoms in total. The van der Waals surface area contributed by atoms with Crippen molar-refractivity contribution in [3.05, 3.63) is 34.4 Å². The number of non-ortho nitro benzene ring substituents is 1. The number of hydrogen-bond acceptors (Lipinski definition) is 9. The molecule has 1 fully saturated rings. The number of nitrogens with one attached hydrogen (secondary N) is 1. The standard InChI is InChI=1S/C17H24N2O9/c1-2-7-18-13(21)9-26-15-14(22)12(8-20)28-17(23)16(15)27-11-5-3-10(4-6-11)19(24)25/h3-6,12,14-17,20,22-23H,2,7-9H2,1H3,(H,18,21)/t12-,14+,15+,16-,17-/m1/s1. The normalized spacial score (nSPS) is 27.2. The first-order chi connectivity index (χ1) is 13.4. The summed E-state index contributed by atoms with van der Waals surface area (Å²) in [5, 5.41) is 43.2. The van der Waals surface area contributed by atoms with E-state index in [1.165, 1.54) is 24.3 Å². The van der Waals surface area contributed by atoms with E-state index < -0.39 is 54.8 Å². The highest BCUT2D eigenvalue weighted by molar-refractivity contribution is 5.77. The molecule has 0 unspecified atom stereocenters. The summed E-state index contributed by atoms with van der Waals surface area (Å²) >= 11 is 0. The van der Waals surface area contributed by atoms with Crippen LogP contribution in [0.1, 0.15) is 13.3 Å². The molecule has 0 aliphatic carbocycles. The second-order valence-corrected chi connectivity index (χ2v) is 6.20. The first-order valence-corrected chi connectivity index (χ1v) is 8.79. The van der Waals surface area contributed by atoms with Gasteiger partial charge in [-0.25, -0.2) is 0 Å². The number of aliphatic hydroxyl groups excluding tert-OH is 3. The molecule has 1 aromatic carbocycles. The highest BCUT2D eigenvalue weighted by Crippen LogP contribution is 2.27. The average Bonchev–Trinajstić information content (AvgIpc) is 2.68. The molecule has 5 atom stereocenters. The quantitative estimate of drug-likeness (QED) is 0.311. The molecule has 28 heavy (non-hydrogen) atoms. The lowest BCUT2D eigenvalue weighted by Crippen LogP contribution is -2.61. The average molecular weight is 400 g/mol. The van der Waals surface area contributed by atoms with Gasteiger partial charge in [0, 0.05) is 18.7 Å². The zero-order valence-electron chi connectivity index (χ0n) is 15.3. The largest absolute Gasteiger partial charge is 0.482 e. The molecule has 0 aromatic heterocycles. The predicted octanol–water partition coefficient (Wildman–Crippen LogP) is -0.676. The van der Waals surface area contributed by atoms with Crippen LogP contribution in [-0.4, -0.2) is 76.6 Å². The molecule has 0 radical (unpaired) electrons. The second kappa shape index (κ2) is 10.3. The third kappa shape index (κ3) is 5.59. The topological polar surface area (TPSA) is 161 Å². The highest BCUT2D eigenvalue weighted by Gasteiger charge is 2.47. The van der Waals surface area contributed by atoms with Crippen LogP contribution in [0.5, 0.6) is 5.75 Å². The van der Waals surface area contributed by atoms with E-state index >= 15 is 0 Å². The van der Waals surface area contributed by atoms with Crippen molar-refractivity contribution in [1.29, 1.82) is 0 Å². The molecule has 1 aliphatic heterocycles. The van der Waals surface area contributed by atoms with Gasteiger partial charge in [-0.2, -0.15) is 0 Å². The van der Waals surface area contributed by atoms with Crippen LogP contribution in [-0.2, 0) is 14.3 Å². The Kier molecular flexibility index (Phi) is 8.08. The number of aliphatic hydroxyl groups is 3. The van der Waals surface area contributed by atoms with Gasteiger partial charge in [0.05, 0.1) is 11.5 Å². The Morgan fingerprint density at radius 2 is 1.96 bits per heavy atom. The molecule has 0 bridgehead atoms. The fraction of sp³-hybridized carbons (Fsp3) is 0.588. The van der Waals surface area contributed by atoms with Crippen molar-refractivity contribution in [1.82, 2.24) is 5.32 Å². The van der Waals surface area contributed by atoms with Crippen molar-refractivity contribution in [2.75, 3.05) is 19.8 Å². The minimum Gasteiger partial charge on any atom is -0.482 e. The smallest absolute Gasteiger partial charge is 0.269 e. The van der Waals surface area contributed by atoms with E-state index in [4.69, 9.17) is 14.2 Å². The van der Waals surface area contributed by atoms with Crippen molar-refractivity contribution in [3.63, 3.8) is 0 Å². The summed E-state index contributed by atoms with van der Waals surface area (Å²) < 4.78 is 16.2. The van der Waals surface area contributed by atoms with Crippen molar-refractivity contribution >= 4 is 11.6 Å². The van der Waals surface area contributed by atoms with E-state index in [1.54, 1.807) is 0 Å². The van der Waals surface area contributed by atoms with Gasteiger partial charge in [0.15, 0.2) is 12.4 Å². The van der Waals surface area contributed by atoms with Crippen molar-refractivity contribution in [2.45, 2.75) is 44.1 Å². The lowest BCUT2D eigenvalue weighted by atomic mass is 9.98. The highest BCUT2D eigenvalue weighted by atomic mass is 16.7. The number of nitrogens with zero attached hydrogens (tertiary/aromatic N) is 1. The molecule has 1 aliphatic rings. The van der Waals surface area contributed by atoms with Gasteiger partial charge in [-0.05, 0) is 18.6 Å². The third-order valence-electron chi connectivity index (χ3n) is 4.12. The summed E-state index contributed by atoms with van der Waals surface area (Å²) in [5.41, 5.74) is -0.145. The number of nitro benzene ring substituents is 1. The maximum atomic E-state index is 11.8. The molecule has 4 N–H and O–H groups in total. The van der Waals surface area contributed by atoms with E-state index in [1.807, 2.05) is 6.92 Å². The maximum absolute atomic E-state index is 11.8. The van der Waals surface area contributed by atoms with Crippen LogP contribution in [0, 0.1) is 10.1 Å². The fourth-order valence-electron chi connectivity index (χ4n) is 2.67. The third-order valence-corrected chi connectivity index (χ3v) is 4.12. The zero-order valence-corrected chi connectivity index (χ0v) is 15.3. The van der Waals surface area contributed by atoms with Crippen molar-refractivity contribution in [2.24, 2.45) is 0 Å². The summed E-state index contributed by atoms with van der Waals surface area (Å²) in [7, 11) is 0. The molecule has 2 rings (SSSR count). The summed E-state index contributed by atoms with van der Waals surface area (Å²) in [6, 6.07) is 5.07. The number of amides is 1. The number of carbonyl (C=O) groups is 1. The van der Waals surface area contributed by atoms with Crippen LogP contribution >= 0.6 is 0 Å². The van der Waals surface area contributed by atoms with E-state index in [2.05, 4.69) is 5.32 Å². The monoisotopic (exact) mass is 400 g/mol. The zero-order chi connectivity index (χ0) is 20.7. The Morgan fingerprint density at radius 3 is 2.54 bits per heavy atom. The van der Waals surface area contributed by atoms with Gasteiger partial charge in [-0.15, -0.1) is 0 Å². The van der Waals surface area contributed by atoms with Crippen LogP contribution in [0.15, 0.2) is 24.3 Å². The summed E-state index contributed by atoms with van der Waals surface area (Å²) in [5.74, 6) is -0.249. The number of ether oxygens (including phenoxy) is 3. The number of nitro groups is 1. The Balaban J connectivity index is 2.12. The molecule has 156 valence electrons. The summed E-state index contributed by atoms with van der Waals surface area (Å²) in [6.07, 6.45) is -5.77. The molecule has 1 saturated heterocycles. The maximum Gasteiger partial charge on any atom is 0.269 e. The van der Waals surface area contributed by atoms with E-state index in [0.717, 1.165) is 6.42 Å². The van der Waals surface area contributed by atoms with Gasteiger partial charge in [0.2, 0.25) is 5.91 Å². The first kappa shape index (κ1) is 22.0. The van der Waals surface area contributed by atoms with Crippen molar-refractivity contribution < 1.29 is 39.2 Å². The van der Waals surface area contributed by atoms with Crippen molar-refractivity contribution in [3.8, 4) is 5.75 Å². The molecule has 0 saturated carbocycles. The molecule has 0 spiro atoms. The van der Waals surface area contributed by atoms with Crippen LogP contribution in [0.2, 0.25) is 0 Å². The van der Waals surface area contributed by atoms with Crippen LogP contribution in [0.3, 0.4) is 0 Å². The Morgan fingerprint density at radius 1 is 1.29 bits per heavy atom. The molecule has 11 heteroatoms. The Labute approximate surface area is 161 Å². The second-order valence-electron chi connectivity index (χ2n) is 6.20. The lowest BCUT2D eigenvalue weighted by molar-refractivity contribution is -0.384. The SMILES string of the molecule is CCCNC(=O)CO[C@H]1[C@@H](O)[C@@H](CO)O[C@@H](O)[C@@H]1Oc1ccc([N+](=O)[O-])cc1. The van der Waals surface area contributed by atoms with E-state index in [-0.39, 0.29) is 11.4 Å². The van der Waals surface area contributed by atoms with Crippen LogP contribution < -0.4 is 10.1 Å². The van der Waals surface area contributed by atoms with E-state index in [9.17, 15) is 30.2 Å². The minimum absolute atomic E-state index is 0.145. The Bertz CT molecular complexity index is 655. The number of benzene rings is 1. The number of hydrogen-bond donors (Lipinski definition) is 4. The summed E-state index contributed by atoms with van der Waals surface area (Å²) in [6.45, 7) is 1.37. The molecule has 1 heterocycles. The molecular formula is C17H24N2O9. The minimum atomic E-state index is -1.57. The van der Waals surface area contributed by atoms with Gasteiger partial charge in [-0.1, -0.05) is 6.92 Å². The van der Waals surface area contributed by atoms with Gasteiger partial charge >= 0.3 is 0 Å². The van der Waals surface area contributed by atoms with E-state index in [0.29, 0.717) is 6.54 Å². The predicted molar refractivity (Wildman–Crippen MR) is 94.5 cm³/mol.